The first kappa shape index (κ1) is 16.5. The van der Waals surface area contributed by atoms with Gasteiger partial charge in [0.1, 0.15) is 16.8 Å². The molecule has 1 aliphatic carbocycles. The molecular formula is C16H26ClN3O. The molecule has 1 aromatic rings. The number of anilines is 1. The fourth-order valence-corrected chi connectivity index (χ4v) is 2.66. The Balaban J connectivity index is 1.81. The normalized spacial score (nSPS) is 17.0. The molecule has 4 nitrogen and oxygen atoms in total. The average molecular weight is 312 g/mol. The van der Waals surface area contributed by atoms with Gasteiger partial charge >= 0.3 is 0 Å². The summed E-state index contributed by atoms with van der Waals surface area (Å²) in [6.45, 7) is 7.68. The van der Waals surface area contributed by atoms with Crippen LogP contribution in [0.5, 0.6) is 0 Å². The van der Waals surface area contributed by atoms with Crippen molar-refractivity contribution in [3.63, 3.8) is 0 Å². The monoisotopic (exact) mass is 311 g/mol. The van der Waals surface area contributed by atoms with Crippen LogP contribution in [0, 0.1) is 0 Å². The van der Waals surface area contributed by atoms with Gasteiger partial charge in [0.25, 0.3) is 0 Å². The van der Waals surface area contributed by atoms with Crippen LogP contribution in [0.1, 0.15) is 58.7 Å². The molecule has 118 valence electrons. The van der Waals surface area contributed by atoms with Gasteiger partial charge in [-0.3, -0.25) is 0 Å². The fraction of sp³-hybridized carbons (Fsp3) is 0.750. The summed E-state index contributed by atoms with van der Waals surface area (Å²) in [5, 5.41) is 3.75. The van der Waals surface area contributed by atoms with Crippen LogP contribution in [0.3, 0.4) is 0 Å². The Kier molecular flexibility index (Phi) is 5.82. The molecule has 1 heterocycles. The summed E-state index contributed by atoms with van der Waals surface area (Å²) < 4.78 is 5.89. The van der Waals surface area contributed by atoms with E-state index in [2.05, 4.69) is 36.1 Å². The van der Waals surface area contributed by atoms with E-state index in [4.69, 9.17) is 16.3 Å². The number of nitrogens with one attached hydrogen (secondary N) is 1. The number of ether oxygens (including phenoxy) is 1. The maximum Gasteiger partial charge on any atom is 0.137 e. The lowest BCUT2D eigenvalue weighted by molar-refractivity contribution is 0.0347. The summed E-state index contributed by atoms with van der Waals surface area (Å²) in [4.78, 5) is 8.82. The van der Waals surface area contributed by atoms with Crippen molar-refractivity contribution in [2.75, 3.05) is 18.5 Å². The fourth-order valence-electron chi connectivity index (χ4n) is 2.48. The summed E-state index contributed by atoms with van der Waals surface area (Å²) in [6, 6.07) is 1.76. The number of nitrogens with zero attached hydrogens (tertiary/aromatic N) is 2. The summed E-state index contributed by atoms with van der Waals surface area (Å²) in [7, 11) is 0. The Morgan fingerprint density at radius 2 is 1.95 bits per heavy atom. The first-order valence-corrected chi connectivity index (χ1v) is 8.23. The van der Waals surface area contributed by atoms with Crippen LogP contribution in [0.4, 0.5) is 5.82 Å². The van der Waals surface area contributed by atoms with Crippen LogP contribution in [0.15, 0.2) is 6.07 Å². The molecule has 1 fully saturated rings. The molecule has 0 amide bonds. The second-order valence-corrected chi connectivity index (χ2v) is 7.09. The molecule has 0 aliphatic heterocycles. The van der Waals surface area contributed by atoms with Gasteiger partial charge in [-0.25, -0.2) is 9.97 Å². The number of rotatable bonds is 5. The second-order valence-electron chi connectivity index (χ2n) is 6.71. The minimum atomic E-state index is -0.111. The lowest BCUT2D eigenvalue weighted by Gasteiger charge is -2.22. The zero-order valence-electron chi connectivity index (χ0n) is 13.3. The smallest absolute Gasteiger partial charge is 0.137 e. The van der Waals surface area contributed by atoms with Crippen molar-refractivity contribution in [3.8, 4) is 0 Å². The van der Waals surface area contributed by atoms with Gasteiger partial charge in [0.05, 0.1) is 12.7 Å². The molecule has 0 radical (unpaired) electrons. The van der Waals surface area contributed by atoms with Crippen LogP contribution in [-0.4, -0.2) is 29.2 Å². The largest absolute Gasteiger partial charge is 0.376 e. The van der Waals surface area contributed by atoms with E-state index < -0.39 is 0 Å². The maximum absolute atomic E-state index is 6.07. The highest BCUT2D eigenvalue weighted by atomic mass is 35.5. The SMILES string of the molecule is CC(C)(C)c1nc(Cl)cc(NCCOC2CCCCC2)n1. The Morgan fingerprint density at radius 1 is 1.24 bits per heavy atom. The van der Waals surface area contributed by atoms with Crippen molar-refractivity contribution in [2.45, 2.75) is 64.4 Å². The third-order valence-corrected chi connectivity index (χ3v) is 3.87. The molecule has 21 heavy (non-hydrogen) atoms. The minimum absolute atomic E-state index is 0.111. The van der Waals surface area contributed by atoms with Crippen molar-refractivity contribution >= 4 is 17.4 Å². The number of aromatic nitrogens is 2. The van der Waals surface area contributed by atoms with E-state index in [0.717, 1.165) is 18.2 Å². The topological polar surface area (TPSA) is 47.0 Å². The number of hydrogen-bond donors (Lipinski definition) is 1. The van der Waals surface area contributed by atoms with E-state index >= 15 is 0 Å². The summed E-state index contributed by atoms with van der Waals surface area (Å²) >= 11 is 6.07. The highest BCUT2D eigenvalue weighted by Gasteiger charge is 2.19. The van der Waals surface area contributed by atoms with Gasteiger partial charge in [0.15, 0.2) is 0 Å². The molecule has 0 saturated heterocycles. The average Bonchev–Trinajstić information content (AvgIpc) is 2.43. The molecular weight excluding hydrogens is 286 g/mol. The summed E-state index contributed by atoms with van der Waals surface area (Å²) in [5.41, 5.74) is -0.111. The molecule has 1 saturated carbocycles. The summed E-state index contributed by atoms with van der Waals surface area (Å²) in [5.74, 6) is 1.53. The highest BCUT2D eigenvalue weighted by Crippen LogP contribution is 2.22. The third-order valence-electron chi connectivity index (χ3n) is 3.68. The van der Waals surface area contributed by atoms with Gasteiger partial charge in [-0.2, -0.15) is 0 Å². The van der Waals surface area contributed by atoms with Gasteiger partial charge in [-0.15, -0.1) is 0 Å². The quantitative estimate of drug-likeness (QED) is 0.654. The molecule has 1 aromatic heterocycles. The minimum Gasteiger partial charge on any atom is -0.376 e. The molecule has 1 aliphatic rings. The molecule has 0 unspecified atom stereocenters. The Labute approximate surface area is 132 Å². The maximum atomic E-state index is 6.07. The lowest BCUT2D eigenvalue weighted by atomic mass is 9.96. The summed E-state index contributed by atoms with van der Waals surface area (Å²) in [6.07, 6.45) is 6.80. The number of halogens is 1. The zero-order valence-corrected chi connectivity index (χ0v) is 14.0. The van der Waals surface area contributed by atoms with E-state index in [1.165, 1.54) is 32.1 Å². The lowest BCUT2D eigenvalue weighted by Crippen LogP contribution is -2.21. The third kappa shape index (κ3) is 5.44. The number of hydrogen-bond acceptors (Lipinski definition) is 4. The van der Waals surface area contributed by atoms with Crippen LogP contribution in [0.2, 0.25) is 5.15 Å². The molecule has 0 atom stereocenters. The van der Waals surface area contributed by atoms with Crippen molar-refractivity contribution in [1.29, 1.82) is 0 Å². The van der Waals surface area contributed by atoms with E-state index in [9.17, 15) is 0 Å². The molecule has 0 aromatic carbocycles. The zero-order chi connectivity index (χ0) is 15.3. The highest BCUT2D eigenvalue weighted by molar-refractivity contribution is 6.29. The predicted octanol–water partition coefficient (Wildman–Crippen LogP) is 4.19. The van der Waals surface area contributed by atoms with Gasteiger partial charge in [0, 0.05) is 18.0 Å². The van der Waals surface area contributed by atoms with E-state index in [0.29, 0.717) is 17.9 Å². The second kappa shape index (κ2) is 7.41. The van der Waals surface area contributed by atoms with Gasteiger partial charge in [-0.1, -0.05) is 51.6 Å². The van der Waals surface area contributed by atoms with Crippen molar-refractivity contribution in [1.82, 2.24) is 9.97 Å². The van der Waals surface area contributed by atoms with Crippen molar-refractivity contribution in [3.05, 3.63) is 17.0 Å². The molecule has 0 bridgehead atoms. The van der Waals surface area contributed by atoms with E-state index in [1.807, 2.05) is 0 Å². The molecule has 5 heteroatoms. The Bertz CT molecular complexity index is 453. The molecule has 1 N–H and O–H groups in total. The van der Waals surface area contributed by atoms with Crippen LogP contribution in [0.25, 0.3) is 0 Å². The van der Waals surface area contributed by atoms with E-state index in [1.54, 1.807) is 6.07 Å². The van der Waals surface area contributed by atoms with Crippen LogP contribution < -0.4 is 5.32 Å². The van der Waals surface area contributed by atoms with Crippen molar-refractivity contribution < 1.29 is 4.74 Å². The van der Waals surface area contributed by atoms with Crippen LogP contribution >= 0.6 is 11.6 Å². The standard InChI is InChI=1S/C16H26ClN3O/c1-16(2,3)15-19-13(17)11-14(20-15)18-9-10-21-12-7-5-4-6-8-12/h11-12H,4-10H2,1-3H3,(H,18,19,20). The van der Waals surface area contributed by atoms with Gasteiger partial charge in [-0.05, 0) is 12.8 Å². The molecule has 2 rings (SSSR count). The predicted molar refractivity (Wildman–Crippen MR) is 87.1 cm³/mol. The van der Waals surface area contributed by atoms with Gasteiger partial charge < -0.3 is 10.1 Å². The first-order chi connectivity index (χ1) is 9.95. The van der Waals surface area contributed by atoms with E-state index in [-0.39, 0.29) is 5.41 Å². The Hall–Kier alpha value is -0.870. The van der Waals surface area contributed by atoms with Crippen LogP contribution in [-0.2, 0) is 10.2 Å². The molecule has 0 spiro atoms. The Morgan fingerprint density at radius 3 is 2.62 bits per heavy atom. The first-order valence-electron chi connectivity index (χ1n) is 7.86. The van der Waals surface area contributed by atoms with Crippen molar-refractivity contribution in [2.24, 2.45) is 0 Å². The van der Waals surface area contributed by atoms with Gasteiger partial charge in [0.2, 0.25) is 0 Å².